The van der Waals surface area contributed by atoms with Crippen molar-refractivity contribution in [2.75, 3.05) is 13.7 Å². The van der Waals surface area contributed by atoms with Gasteiger partial charge in [0, 0.05) is 11.0 Å². The number of hydrogen-bond donors (Lipinski definition) is 1. The van der Waals surface area contributed by atoms with E-state index in [2.05, 4.69) is 47.9 Å². The standard InChI is InChI=1S/C9H9Br2NO4S2/c1-5(10)4-12-18(14,15)7-3-6(9(13)16-2)17-8(7)11/h3,12H,1,4H2,2H3. The minimum atomic E-state index is -3.69. The van der Waals surface area contributed by atoms with E-state index < -0.39 is 16.0 Å². The van der Waals surface area contributed by atoms with Crippen LogP contribution in [0, 0.1) is 0 Å². The summed E-state index contributed by atoms with van der Waals surface area (Å²) < 4.78 is 31.6. The molecule has 100 valence electrons. The molecular formula is C9H9Br2NO4S2. The van der Waals surface area contributed by atoms with Gasteiger partial charge in [-0.05, 0) is 22.0 Å². The van der Waals surface area contributed by atoms with Crippen LogP contribution >= 0.6 is 43.2 Å². The van der Waals surface area contributed by atoms with Crippen molar-refractivity contribution in [2.45, 2.75) is 4.90 Å². The minimum absolute atomic E-state index is 0.00153. The third kappa shape index (κ3) is 3.89. The largest absolute Gasteiger partial charge is 0.465 e. The van der Waals surface area contributed by atoms with Crippen LogP contribution in [0.1, 0.15) is 9.67 Å². The van der Waals surface area contributed by atoms with E-state index in [1.807, 2.05) is 0 Å². The Hall–Kier alpha value is -0.220. The molecule has 0 aromatic carbocycles. The zero-order valence-corrected chi connectivity index (χ0v) is 14.0. The van der Waals surface area contributed by atoms with E-state index in [1.54, 1.807) is 0 Å². The van der Waals surface area contributed by atoms with Crippen LogP contribution in [0.3, 0.4) is 0 Å². The van der Waals surface area contributed by atoms with Crippen molar-refractivity contribution in [3.8, 4) is 0 Å². The van der Waals surface area contributed by atoms with E-state index in [9.17, 15) is 13.2 Å². The smallest absolute Gasteiger partial charge is 0.348 e. The van der Waals surface area contributed by atoms with Gasteiger partial charge in [-0.25, -0.2) is 17.9 Å². The lowest BCUT2D eigenvalue weighted by Crippen LogP contribution is -2.24. The second kappa shape index (κ2) is 6.29. The molecule has 0 aliphatic heterocycles. The van der Waals surface area contributed by atoms with Gasteiger partial charge in [-0.1, -0.05) is 22.5 Å². The van der Waals surface area contributed by atoms with Gasteiger partial charge >= 0.3 is 5.97 Å². The molecule has 0 saturated carbocycles. The molecule has 1 aromatic rings. The molecule has 0 aliphatic rings. The van der Waals surface area contributed by atoms with E-state index in [0.717, 1.165) is 11.3 Å². The molecule has 5 nitrogen and oxygen atoms in total. The number of nitrogens with one attached hydrogen (secondary N) is 1. The van der Waals surface area contributed by atoms with E-state index in [1.165, 1.54) is 13.2 Å². The first-order chi connectivity index (χ1) is 8.27. The Kier molecular flexibility index (Phi) is 5.53. The van der Waals surface area contributed by atoms with Crippen LogP contribution in [0.5, 0.6) is 0 Å². The molecule has 1 heterocycles. The molecule has 9 heteroatoms. The highest BCUT2D eigenvalue weighted by Gasteiger charge is 2.23. The molecule has 18 heavy (non-hydrogen) atoms. The maximum absolute atomic E-state index is 11.9. The Morgan fingerprint density at radius 2 is 2.22 bits per heavy atom. The van der Waals surface area contributed by atoms with Crippen LogP contribution in [-0.4, -0.2) is 28.0 Å². The summed E-state index contributed by atoms with van der Waals surface area (Å²) >= 11 is 7.17. The van der Waals surface area contributed by atoms with Crippen molar-refractivity contribution in [1.29, 1.82) is 0 Å². The van der Waals surface area contributed by atoms with Gasteiger partial charge in [-0.2, -0.15) is 0 Å². The van der Waals surface area contributed by atoms with Gasteiger partial charge in [0.15, 0.2) is 0 Å². The van der Waals surface area contributed by atoms with Crippen molar-refractivity contribution in [3.63, 3.8) is 0 Å². The van der Waals surface area contributed by atoms with Gasteiger partial charge in [-0.15, -0.1) is 11.3 Å². The summed E-state index contributed by atoms with van der Waals surface area (Å²) in [6.45, 7) is 3.60. The quantitative estimate of drug-likeness (QED) is 0.745. The number of hydrogen-bond acceptors (Lipinski definition) is 5. The molecule has 1 aromatic heterocycles. The highest BCUT2D eigenvalue weighted by Crippen LogP contribution is 2.32. The average Bonchev–Trinajstić information content (AvgIpc) is 2.68. The van der Waals surface area contributed by atoms with E-state index >= 15 is 0 Å². The fourth-order valence-electron chi connectivity index (χ4n) is 0.988. The van der Waals surface area contributed by atoms with Gasteiger partial charge in [0.25, 0.3) is 0 Å². The van der Waals surface area contributed by atoms with Gasteiger partial charge in [-0.3, -0.25) is 0 Å². The Labute approximate surface area is 126 Å². The van der Waals surface area contributed by atoms with Crippen molar-refractivity contribution < 1.29 is 17.9 Å². The highest BCUT2D eigenvalue weighted by atomic mass is 79.9. The van der Waals surface area contributed by atoms with Crippen LogP contribution in [0.4, 0.5) is 0 Å². The lowest BCUT2D eigenvalue weighted by Gasteiger charge is -2.03. The molecule has 1 rings (SSSR count). The van der Waals surface area contributed by atoms with E-state index in [-0.39, 0.29) is 16.3 Å². The fraction of sp³-hybridized carbons (Fsp3) is 0.222. The summed E-state index contributed by atoms with van der Waals surface area (Å²) in [6, 6.07) is 1.26. The Morgan fingerprint density at radius 1 is 1.61 bits per heavy atom. The molecule has 0 aliphatic carbocycles. The third-order valence-electron chi connectivity index (χ3n) is 1.79. The molecule has 0 fully saturated rings. The first-order valence-electron chi connectivity index (χ1n) is 4.48. The van der Waals surface area contributed by atoms with Crippen LogP contribution in [0.2, 0.25) is 0 Å². The van der Waals surface area contributed by atoms with Gasteiger partial charge in [0.2, 0.25) is 10.0 Å². The molecule has 0 spiro atoms. The highest BCUT2D eigenvalue weighted by molar-refractivity contribution is 9.11. The van der Waals surface area contributed by atoms with Crippen molar-refractivity contribution in [3.05, 3.63) is 25.8 Å². The fourth-order valence-corrected chi connectivity index (χ4v) is 4.82. The molecule has 0 amide bonds. The first kappa shape index (κ1) is 15.8. The molecule has 0 radical (unpaired) electrons. The Morgan fingerprint density at radius 3 is 2.72 bits per heavy atom. The monoisotopic (exact) mass is 417 g/mol. The van der Waals surface area contributed by atoms with Crippen LogP contribution in [-0.2, 0) is 14.8 Å². The number of carbonyl (C=O) groups excluding carboxylic acids is 1. The van der Waals surface area contributed by atoms with Crippen molar-refractivity contribution in [2.24, 2.45) is 0 Å². The van der Waals surface area contributed by atoms with Crippen molar-refractivity contribution in [1.82, 2.24) is 4.72 Å². The summed E-state index contributed by atoms with van der Waals surface area (Å²) in [5, 5.41) is 0. The minimum Gasteiger partial charge on any atom is -0.465 e. The number of thiophene rings is 1. The number of halogens is 2. The number of rotatable bonds is 5. The van der Waals surface area contributed by atoms with Crippen LogP contribution in [0.15, 0.2) is 25.8 Å². The van der Waals surface area contributed by atoms with Crippen molar-refractivity contribution >= 4 is 59.2 Å². The lowest BCUT2D eigenvalue weighted by molar-refractivity contribution is 0.0606. The Bertz CT molecular complexity index is 579. The summed E-state index contributed by atoms with van der Waals surface area (Å²) in [7, 11) is -2.46. The lowest BCUT2D eigenvalue weighted by atomic mass is 10.5. The maximum Gasteiger partial charge on any atom is 0.348 e. The topological polar surface area (TPSA) is 72.5 Å². The second-order valence-electron chi connectivity index (χ2n) is 3.08. The zero-order valence-electron chi connectivity index (χ0n) is 9.20. The number of esters is 1. The SMILES string of the molecule is C=C(Br)CNS(=O)(=O)c1cc(C(=O)OC)sc1Br. The van der Waals surface area contributed by atoms with Gasteiger partial charge in [0.05, 0.1) is 10.9 Å². The van der Waals surface area contributed by atoms with Gasteiger partial charge in [0.1, 0.15) is 9.77 Å². The number of ether oxygens (including phenoxy) is 1. The molecule has 1 N–H and O–H groups in total. The first-order valence-corrected chi connectivity index (χ1v) is 8.37. The molecule has 0 saturated heterocycles. The van der Waals surface area contributed by atoms with Crippen LogP contribution in [0.25, 0.3) is 0 Å². The molecule has 0 atom stereocenters. The summed E-state index contributed by atoms with van der Waals surface area (Å²) in [5.74, 6) is -0.577. The normalized spacial score (nSPS) is 11.3. The average molecular weight is 419 g/mol. The van der Waals surface area contributed by atoms with Crippen LogP contribution < -0.4 is 4.72 Å². The van der Waals surface area contributed by atoms with Gasteiger partial charge < -0.3 is 4.74 Å². The maximum atomic E-state index is 11.9. The number of carbonyl (C=O) groups is 1. The molecule has 0 unspecified atom stereocenters. The zero-order chi connectivity index (χ0) is 13.9. The number of methoxy groups -OCH3 is 1. The predicted octanol–water partition coefficient (Wildman–Crippen LogP) is 2.48. The second-order valence-corrected chi connectivity index (χ2v) is 8.31. The van der Waals surface area contributed by atoms with E-state index in [4.69, 9.17) is 0 Å². The third-order valence-corrected chi connectivity index (χ3v) is 5.70. The Balaban J connectivity index is 3.06. The summed E-state index contributed by atoms with van der Waals surface area (Å²) in [5.41, 5.74) is 0. The van der Waals surface area contributed by atoms with E-state index in [0.29, 0.717) is 8.27 Å². The number of sulfonamides is 1. The molecular weight excluding hydrogens is 410 g/mol. The summed E-state index contributed by atoms with van der Waals surface area (Å²) in [4.78, 5) is 11.5. The summed E-state index contributed by atoms with van der Waals surface area (Å²) in [6.07, 6.45) is 0. The molecule has 0 bridgehead atoms. The predicted molar refractivity (Wildman–Crippen MR) is 76.6 cm³/mol.